The SMILES string of the molecule is CCSC1CCC(NC(=O)C2CSCCN2)C1. The summed E-state index contributed by atoms with van der Waals surface area (Å²) in [5.74, 6) is 3.45. The molecule has 2 fully saturated rings. The van der Waals surface area contributed by atoms with Crippen molar-refractivity contribution in [1.29, 1.82) is 0 Å². The summed E-state index contributed by atoms with van der Waals surface area (Å²) in [4.78, 5) is 12.0. The molecule has 0 radical (unpaired) electrons. The van der Waals surface area contributed by atoms with Gasteiger partial charge in [-0.1, -0.05) is 6.92 Å². The third-order valence-electron chi connectivity index (χ3n) is 3.37. The predicted octanol–water partition coefficient (Wildman–Crippen LogP) is 1.48. The van der Waals surface area contributed by atoms with Gasteiger partial charge in [-0.25, -0.2) is 0 Å². The molecule has 1 aliphatic carbocycles. The van der Waals surface area contributed by atoms with Crippen molar-refractivity contribution in [3.05, 3.63) is 0 Å². The number of carbonyl (C=O) groups excluding carboxylic acids is 1. The zero-order chi connectivity index (χ0) is 12.1. The zero-order valence-electron chi connectivity index (χ0n) is 10.4. The second-order valence-corrected chi connectivity index (χ2v) is 7.40. The average molecular weight is 274 g/mol. The minimum Gasteiger partial charge on any atom is -0.352 e. The number of thioether (sulfide) groups is 2. The van der Waals surface area contributed by atoms with Crippen LogP contribution >= 0.6 is 23.5 Å². The molecule has 2 rings (SSSR count). The van der Waals surface area contributed by atoms with E-state index in [-0.39, 0.29) is 11.9 Å². The van der Waals surface area contributed by atoms with Gasteiger partial charge in [0, 0.05) is 29.3 Å². The Morgan fingerprint density at radius 2 is 2.41 bits per heavy atom. The van der Waals surface area contributed by atoms with Crippen LogP contribution < -0.4 is 10.6 Å². The standard InChI is InChI=1S/C12H22N2OS2/c1-2-17-10-4-3-9(7-10)14-12(15)11-8-16-6-5-13-11/h9-11,13H,2-8H2,1H3,(H,14,15). The maximum Gasteiger partial charge on any atom is 0.238 e. The number of carbonyl (C=O) groups is 1. The first-order valence-electron chi connectivity index (χ1n) is 6.52. The van der Waals surface area contributed by atoms with Gasteiger partial charge in [-0.3, -0.25) is 4.79 Å². The van der Waals surface area contributed by atoms with Gasteiger partial charge in [-0.15, -0.1) is 0 Å². The van der Waals surface area contributed by atoms with Crippen LogP contribution in [-0.2, 0) is 4.79 Å². The Hall–Kier alpha value is 0.130. The summed E-state index contributed by atoms with van der Waals surface area (Å²) in [7, 11) is 0. The van der Waals surface area contributed by atoms with Crippen molar-refractivity contribution < 1.29 is 4.79 Å². The van der Waals surface area contributed by atoms with E-state index in [1.165, 1.54) is 12.2 Å². The molecule has 1 amide bonds. The van der Waals surface area contributed by atoms with Crippen LogP contribution in [0.5, 0.6) is 0 Å². The molecule has 3 atom stereocenters. The van der Waals surface area contributed by atoms with Crippen molar-refractivity contribution in [3.8, 4) is 0 Å². The molecule has 2 N–H and O–H groups in total. The smallest absolute Gasteiger partial charge is 0.238 e. The maximum atomic E-state index is 12.0. The summed E-state index contributed by atoms with van der Waals surface area (Å²) in [6, 6.07) is 0.451. The van der Waals surface area contributed by atoms with Crippen LogP contribution in [0.3, 0.4) is 0 Å². The van der Waals surface area contributed by atoms with Crippen LogP contribution in [0.15, 0.2) is 0 Å². The van der Waals surface area contributed by atoms with Gasteiger partial charge in [-0.2, -0.15) is 23.5 Å². The fraction of sp³-hybridized carbons (Fsp3) is 0.917. The van der Waals surface area contributed by atoms with E-state index in [0.29, 0.717) is 6.04 Å². The van der Waals surface area contributed by atoms with Crippen molar-refractivity contribution >= 4 is 29.4 Å². The van der Waals surface area contributed by atoms with E-state index < -0.39 is 0 Å². The first-order valence-corrected chi connectivity index (χ1v) is 8.73. The number of amides is 1. The van der Waals surface area contributed by atoms with Gasteiger partial charge in [-0.05, 0) is 25.0 Å². The summed E-state index contributed by atoms with van der Waals surface area (Å²) in [5, 5.41) is 7.26. The van der Waals surface area contributed by atoms with E-state index in [9.17, 15) is 4.79 Å². The minimum absolute atomic E-state index is 0.0339. The van der Waals surface area contributed by atoms with Gasteiger partial charge in [0.2, 0.25) is 5.91 Å². The van der Waals surface area contributed by atoms with E-state index in [4.69, 9.17) is 0 Å². The summed E-state index contributed by atoms with van der Waals surface area (Å²) in [6.45, 7) is 3.17. The summed E-state index contributed by atoms with van der Waals surface area (Å²) >= 11 is 3.90. The van der Waals surface area contributed by atoms with Crippen molar-refractivity contribution in [2.24, 2.45) is 0 Å². The van der Waals surface area contributed by atoms with E-state index in [1.807, 2.05) is 23.5 Å². The lowest BCUT2D eigenvalue weighted by atomic mass is 10.2. The molecule has 5 heteroatoms. The van der Waals surface area contributed by atoms with Crippen LogP contribution in [0.2, 0.25) is 0 Å². The largest absolute Gasteiger partial charge is 0.352 e. The molecule has 1 saturated carbocycles. The van der Waals surface area contributed by atoms with Crippen molar-refractivity contribution in [1.82, 2.24) is 10.6 Å². The summed E-state index contributed by atoms with van der Waals surface area (Å²) < 4.78 is 0. The van der Waals surface area contributed by atoms with E-state index in [0.717, 1.165) is 36.1 Å². The van der Waals surface area contributed by atoms with Crippen LogP contribution in [0.25, 0.3) is 0 Å². The lowest BCUT2D eigenvalue weighted by Crippen LogP contribution is -2.51. The van der Waals surface area contributed by atoms with Gasteiger partial charge in [0.25, 0.3) is 0 Å². The molecule has 3 nitrogen and oxygen atoms in total. The summed E-state index contributed by atoms with van der Waals surface area (Å²) in [5.41, 5.74) is 0. The van der Waals surface area contributed by atoms with Crippen LogP contribution in [0, 0.1) is 0 Å². The van der Waals surface area contributed by atoms with Gasteiger partial charge in [0.1, 0.15) is 0 Å². The number of hydrogen-bond acceptors (Lipinski definition) is 4. The second kappa shape index (κ2) is 6.90. The third kappa shape index (κ3) is 4.07. The van der Waals surface area contributed by atoms with Crippen molar-refractivity contribution in [2.45, 2.75) is 43.5 Å². The topological polar surface area (TPSA) is 41.1 Å². The quantitative estimate of drug-likeness (QED) is 0.815. The third-order valence-corrected chi connectivity index (χ3v) is 5.67. The minimum atomic E-state index is 0.0339. The van der Waals surface area contributed by atoms with Crippen LogP contribution in [-0.4, -0.2) is 47.0 Å². The van der Waals surface area contributed by atoms with Gasteiger partial charge in [0.15, 0.2) is 0 Å². The molecule has 1 saturated heterocycles. The molecule has 2 aliphatic rings. The Kier molecular flexibility index (Phi) is 5.50. The molecular formula is C12H22N2OS2. The fourth-order valence-electron chi connectivity index (χ4n) is 2.49. The van der Waals surface area contributed by atoms with Crippen LogP contribution in [0.1, 0.15) is 26.2 Å². The highest BCUT2D eigenvalue weighted by atomic mass is 32.2. The van der Waals surface area contributed by atoms with E-state index in [1.54, 1.807) is 0 Å². The molecule has 0 aromatic carbocycles. The normalized spacial score (nSPS) is 33.6. The van der Waals surface area contributed by atoms with Crippen LogP contribution in [0.4, 0.5) is 0 Å². The maximum absolute atomic E-state index is 12.0. The van der Waals surface area contributed by atoms with Gasteiger partial charge in [0.05, 0.1) is 6.04 Å². The predicted molar refractivity (Wildman–Crippen MR) is 76.8 cm³/mol. The van der Waals surface area contributed by atoms with Crippen molar-refractivity contribution in [3.63, 3.8) is 0 Å². The number of nitrogens with one attached hydrogen (secondary N) is 2. The average Bonchev–Trinajstić information content (AvgIpc) is 2.78. The first-order chi connectivity index (χ1) is 8.29. The Balaban J connectivity index is 1.71. The molecule has 1 heterocycles. The highest BCUT2D eigenvalue weighted by Gasteiger charge is 2.28. The lowest BCUT2D eigenvalue weighted by Gasteiger charge is -2.24. The Morgan fingerprint density at radius 1 is 1.53 bits per heavy atom. The Labute approximate surface area is 112 Å². The highest BCUT2D eigenvalue weighted by molar-refractivity contribution is 7.99. The highest BCUT2D eigenvalue weighted by Crippen LogP contribution is 2.29. The number of hydrogen-bond donors (Lipinski definition) is 2. The summed E-state index contributed by atoms with van der Waals surface area (Å²) in [6.07, 6.45) is 3.57. The monoisotopic (exact) mass is 274 g/mol. The zero-order valence-corrected chi connectivity index (χ0v) is 12.0. The van der Waals surface area contributed by atoms with E-state index >= 15 is 0 Å². The van der Waals surface area contributed by atoms with Gasteiger partial charge >= 0.3 is 0 Å². The molecular weight excluding hydrogens is 252 g/mol. The molecule has 0 spiro atoms. The molecule has 98 valence electrons. The molecule has 0 aromatic rings. The molecule has 0 aromatic heterocycles. The number of rotatable bonds is 4. The first kappa shape index (κ1) is 13.6. The molecule has 1 aliphatic heterocycles. The van der Waals surface area contributed by atoms with Gasteiger partial charge < -0.3 is 10.6 Å². The van der Waals surface area contributed by atoms with Crippen molar-refractivity contribution in [2.75, 3.05) is 23.8 Å². The Morgan fingerprint density at radius 3 is 3.12 bits per heavy atom. The molecule has 17 heavy (non-hydrogen) atoms. The fourth-order valence-corrected chi connectivity index (χ4v) is 4.57. The lowest BCUT2D eigenvalue weighted by molar-refractivity contribution is -0.123. The second-order valence-electron chi connectivity index (χ2n) is 4.68. The molecule has 3 unspecified atom stereocenters. The van der Waals surface area contributed by atoms with E-state index in [2.05, 4.69) is 17.6 Å². The Bertz CT molecular complexity index is 257. The molecule has 0 bridgehead atoms.